The minimum Gasteiger partial charge on any atom is -0.486 e. The van der Waals surface area contributed by atoms with Gasteiger partial charge in [-0.15, -0.1) is 0 Å². The van der Waals surface area contributed by atoms with Gasteiger partial charge in [-0.25, -0.2) is 33.7 Å². The van der Waals surface area contributed by atoms with Gasteiger partial charge in [0, 0.05) is 38.2 Å². The Bertz CT molecular complexity index is 1600. The maximum absolute atomic E-state index is 15.4. The number of benzene rings is 1. The number of alkyl halides is 2. The molecule has 0 N–H and O–H groups in total. The van der Waals surface area contributed by atoms with E-state index in [0.717, 1.165) is 24.7 Å². The Hall–Kier alpha value is -4.29. The Morgan fingerprint density at radius 3 is 2.60 bits per heavy atom. The third-order valence-electron chi connectivity index (χ3n) is 6.97. The van der Waals surface area contributed by atoms with Gasteiger partial charge in [-0.3, -0.25) is 0 Å². The lowest BCUT2D eigenvalue weighted by atomic mass is 10.1. The van der Waals surface area contributed by atoms with Gasteiger partial charge in [-0.05, 0) is 18.9 Å². The maximum atomic E-state index is 15.4. The molecular weight excluding hydrogens is 530 g/mol. The maximum Gasteiger partial charge on any atom is 0.288 e. The van der Waals surface area contributed by atoms with Crippen LogP contribution in [0.2, 0.25) is 0 Å². The highest BCUT2D eigenvalue weighted by molar-refractivity contribution is 5.69. The Labute approximate surface area is 226 Å². The van der Waals surface area contributed by atoms with Crippen LogP contribution < -0.4 is 14.4 Å². The number of anilines is 1. The highest BCUT2D eigenvalue weighted by Gasteiger charge is 2.33. The van der Waals surface area contributed by atoms with Gasteiger partial charge < -0.3 is 18.9 Å². The summed E-state index contributed by atoms with van der Waals surface area (Å²) in [5, 5.41) is 0. The highest BCUT2D eigenvalue weighted by atomic mass is 19.3. The van der Waals surface area contributed by atoms with Crippen LogP contribution in [0.25, 0.3) is 22.8 Å². The van der Waals surface area contributed by atoms with Crippen LogP contribution in [0, 0.1) is 11.6 Å². The summed E-state index contributed by atoms with van der Waals surface area (Å²) in [6.07, 6.45) is 6.08. The number of rotatable bonds is 7. The van der Waals surface area contributed by atoms with Crippen LogP contribution in [0.4, 0.5) is 23.4 Å². The lowest BCUT2D eigenvalue weighted by Gasteiger charge is -2.30. The van der Waals surface area contributed by atoms with E-state index in [4.69, 9.17) is 14.5 Å². The molecule has 0 amide bonds. The second kappa shape index (κ2) is 9.72. The Morgan fingerprint density at radius 2 is 1.90 bits per heavy atom. The Morgan fingerprint density at radius 1 is 1.10 bits per heavy atom. The Kier molecular flexibility index (Phi) is 6.31. The summed E-state index contributed by atoms with van der Waals surface area (Å²) in [5.74, 6) is -3.81. The number of imidazole rings is 1. The van der Waals surface area contributed by atoms with Crippen molar-refractivity contribution in [3.8, 4) is 34.4 Å². The molecule has 0 spiro atoms. The van der Waals surface area contributed by atoms with Crippen molar-refractivity contribution in [2.75, 3.05) is 25.2 Å². The average Bonchev–Trinajstić information content (AvgIpc) is 3.71. The quantitative estimate of drug-likeness (QED) is 0.294. The molecule has 0 unspecified atom stereocenters. The molecule has 0 saturated heterocycles. The van der Waals surface area contributed by atoms with Crippen LogP contribution in [0.3, 0.4) is 0 Å². The van der Waals surface area contributed by atoms with Crippen molar-refractivity contribution in [3.63, 3.8) is 0 Å². The monoisotopic (exact) mass is 555 g/mol. The molecule has 40 heavy (non-hydrogen) atoms. The number of ether oxygens (including phenoxy) is 2. The van der Waals surface area contributed by atoms with E-state index in [1.807, 2.05) is 0 Å². The molecule has 6 rings (SSSR count). The van der Waals surface area contributed by atoms with Gasteiger partial charge in [0.05, 0.1) is 31.1 Å². The van der Waals surface area contributed by atoms with E-state index in [1.54, 1.807) is 4.90 Å². The average molecular weight is 556 g/mol. The molecular formula is C27H25F4N7O2. The summed E-state index contributed by atoms with van der Waals surface area (Å²) >= 11 is 0. The fourth-order valence-corrected chi connectivity index (χ4v) is 4.77. The standard InChI is InChI=1S/C27H25F4N7O2/c1-27(30,31)18-12-37(2)24(35-18)16-7-6-15(20(28)21(16)29)11-38-8-9-40-17-10-32-23(36-25(17)38)19-22(14-4-5-14)33-13-34-26(19)39-3/h6-7,10,12-14H,4-5,8-9,11H2,1-3H3. The first-order valence-corrected chi connectivity index (χ1v) is 12.7. The zero-order chi connectivity index (χ0) is 28.2. The topological polar surface area (TPSA) is 91.1 Å². The van der Waals surface area contributed by atoms with Crippen molar-refractivity contribution in [1.82, 2.24) is 29.5 Å². The minimum absolute atomic E-state index is 0.0212. The third-order valence-corrected chi connectivity index (χ3v) is 6.97. The fraction of sp³-hybridized carbons (Fsp3) is 0.370. The van der Waals surface area contributed by atoms with Crippen LogP contribution in [0.1, 0.15) is 42.6 Å². The molecule has 1 aromatic carbocycles. The molecule has 0 radical (unpaired) electrons. The highest BCUT2D eigenvalue weighted by Crippen LogP contribution is 2.45. The number of hydrogen-bond donors (Lipinski definition) is 0. The number of nitrogens with zero attached hydrogens (tertiary/aromatic N) is 7. The molecule has 3 aromatic heterocycles. The van der Waals surface area contributed by atoms with Gasteiger partial charge in [0.2, 0.25) is 5.88 Å². The number of hydrogen-bond acceptors (Lipinski definition) is 8. The summed E-state index contributed by atoms with van der Waals surface area (Å²) < 4.78 is 70.6. The number of methoxy groups -OCH3 is 1. The predicted molar refractivity (Wildman–Crippen MR) is 136 cm³/mol. The SMILES string of the molecule is COc1ncnc(C2CC2)c1-c1ncc2c(n1)N(Cc1ccc(-c3nc(C(C)(F)F)cn3C)c(F)c1F)CCO2. The van der Waals surface area contributed by atoms with E-state index >= 15 is 8.78 Å². The Balaban J connectivity index is 1.34. The fourth-order valence-electron chi connectivity index (χ4n) is 4.77. The molecule has 208 valence electrons. The summed E-state index contributed by atoms with van der Waals surface area (Å²) in [5.41, 5.74) is 0.713. The third kappa shape index (κ3) is 4.58. The van der Waals surface area contributed by atoms with Crippen LogP contribution in [0.5, 0.6) is 11.6 Å². The van der Waals surface area contributed by atoms with E-state index in [-0.39, 0.29) is 29.4 Å². The van der Waals surface area contributed by atoms with Crippen LogP contribution in [-0.4, -0.2) is 49.7 Å². The van der Waals surface area contributed by atoms with Crippen molar-refractivity contribution < 1.29 is 27.0 Å². The summed E-state index contributed by atoms with van der Waals surface area (Å²) in [4.78, 5) is 23.5. The zero-order valence-corrected chi connectivity index (χ0v) is 22.0. The first-order valence-electron chi connectivity index (χ1n) is 12.7. The molecule has 13 heteroatoms. The van der Waals surface area contributed by atoms with Crippen LogP contribution in [-0.2, 0) is 19.5 Å². The molecule has 1 fully saturated rings. The number of fused-ring (bicyclic) bond motifs is 1. The van der Waals surface area contributed by atoms with E-state index in [0.29, 0.717) is 48.9 Å². The molecule has 1 aliphatic carbocycles. The van der Waals surface area contributed by atoms with Gasteiger partial charge in [-0.2, -0.15) is 8.78 Å². The minimum atomic E-state index is -3.22. The van der Waals surface area contributed by atoms with Crippen molar-refractivity contribution in [2.24, 2.45) is 7.05 Å². The van der Waals surface area contributed by atoms with E-state index < -0.39 is 23.3 Å². The van der Waals surface area contributed by atoms with Crippen molar-refractivity contribution in [2.45, 2.75) is 38.2 Å². The lowest BCUT2D eigenvalue weighted by Crippen LogP contribution is -2.33. The van der Waals surface area contributed by atoms with Crippen molar-refractivity contribution in [3.05, 3.63) is 59.4 Å². The molecule has 2 aliphatic rings. The second-order valence-electron chi connectivity index (χ2n) is 9.92. The van der Waals surface area contributed by atoms with Gasteiger partial charge in [-0.1, -0.05) is 6.07 Å². The molecule has 9 nitrogen and oxygen atoms in total. The zero-order valence-electron chi connectivity index (χ0n) is 22.0. The number of halogens is 4. The molecule has 1 aliphatic heterocycles. The number of aromatic nitrogens is 6. The smallest absolute Gasteiger partial charge is 0.288 e. The lowest BCUT2D eigenvalue weighted by molar-refractivity contribution is 0.0131. The summed E-state index contributed by atoms with van der Waals surface area (Å²) in [7, 11) is 2.96. The molecule has 1 saturated carbocycles. The first-order chi connectivity index (χ1) is 19.2. The van der Waals surface area contributed by atoms with E-state index in [9.17, 15) is 8.78 Å². The van der Waals surface area contributed by atoms with Crippen molar-refractivity contribution >= 4 is 5.82 Å². The van der Waals surface area contributed by atoms with E-state index in [2.05, 4.69) is 19.9 Å². The van der Waals surface area contributed by atoms with E-state index in [1.165, 1.54) is 43.4 Å². The number of aryl methyl sites for hydroxylation is 1. The van der Waals surface area contributed by atoms with Gasteiger partial charge in [0.15, 0.2) is 29.0 Å². The summed E-state index contributed by atoms with van der Waals surface area (Å²) in [6.45, 7) is 1.33. The molecule has 0 bridgehead atoms. The largest absolute Gasteiger partial charge is 0.486 e. The summed E-state index contributed by atoms with van der Waals surface area (Å²) in [6, 6.07) is 2.76. The van der Waals surface area contributed by atoms with Crippen molar-refractivity contribution in [1.29, 1.82) is 0 Å². The normalized spacial score (nSPS) is 15.1. The van der Waals surface area contributed by atoms with Crippen LogP contribution in [0.15, 0.2) is 30.9 Å². The van der Waals surface area contributed by atoms with Crippen LogP contribution >= 0.6 is 0 Å². The molecule has 0 atom stereocenters. The van der Waals surface area contributed by atoms with Gasteiger partial charge in [0.25, 0.3) is 5.92 Å². The van der Waals surface area contributed by atoms with Gasteiger partial charge >= 0.3 is 0 Å². The second-order valence-corrected chi connectivity index (χ2v) is 9.92. The molecule has 4 heterocycles. The van der Waals surface area contributed by atoms with Gasteiger partial charge in [0.1, 0.15) is 30.0 Å². The predicted octanol–water partition coefficient (Wildman–Crippen LogP) is 5.01. The first kappa shape index (κ1) is 26.0. The molecule has 4 aromatic rings.